The van der Waals surface area contributed by atoms with Crippen molar-refractivity contribution in [2.24, 2.45) is 0 Å². The normalized spacial score (nSPS) is 15.3. The minimum Gasteiger partial charge on any atom is -0.456 e. The first-order valence-electron chi connectivity index (χ1n) is 25.6. The van der Waals surface area contributed by atoms with Gasteiger partial charge in [0.2, 0.25) is 0 Å². The van der Waals surface area contributed by atoms with Crippen molar-refractivity contribution < 1.29 is 13.3 Å². The number of rotatable bonds is 4. The van der Waals surface area contributed by atoms with E-state index in [4.69, 9.17) is 13.3 Å². The summed E-state index contributed by atoms with van der Waals surface area (Å²) in [4.78, 5) is 2.47. The average Bonchev–Trinajstić information content (AvgIpc) is 4.22. The van der Waals surface area contributed by atoms with Crippen LogP contribution < -0.4 is 4.90 Å². The third kappa shape index (κ3) is 5.30. The highest BCUT2D eigenvalue weighted by molar-refractivity contribution is 6.19. The lowest BCUT2D eigenvalue weighted by atomic mass is 9.79. The lowest BCUT2D eigenvalue weighted by Gasteiger charge is -2.30. The molecule has 16 rings (SSSR count). The van der Waals surface area contributed by atoms with Gasteiger partial charge in [0.25, 0.3) is 0 Å². The summed E-state index contributed by atoms with van der Waals surface area (Å²) in [5, 5.41) is 6.92. The molecular weight excluding hydrogens is 891 g/mol. The maximum Gasteiger partial charge on any atom is 0.143 e. The number of fused-ring (bicyclic) bond motifs is 20. The quantitative estimate of drug-likeness (QED) is 0.176. The van der Waals surface area contributed by atoms with E-state index in [1.165, 1.54) is 82.9 Å². The molecule has 3 aliphatic rings. The fraction of sp³-hybridized carbons (Fsp3) is 0.130. The lowest BCUT2D eigenvalue weighted by molar-refractivity contribution is 0.651. The molecule has 3 aromatic heterocycles. The van der Waals surface area contributed by atoms with Crippen LogP contribution in [0.25, 0.3) is 110 Å². The van der Waals surface area contributed by atoms with Gasteiger partial charge in [-0.1, -0.05) is 145 Å². The van der Waals surface area contributed by atoms with Crippen molar-refractivity contribution in [2.75, 3.05) is 4.90 Å². The number of furan rings is 3. The molecule has 10 aromatic carbocycles. The van der Waals surface area contributed by atoms with E-state index in [9.17, 15) is 0 Å². The summed E-state index contributed by atoms with van der Waals surface area (Å²) >= 11 is 0. The molecule has 348 valence electrons. The van der Waals surface area contributed by atoms with Crippen LogP contribution in [-0.2, 0) is 16.2 Å². The molecule has 0 atom stereocenters. The van der Waals surface area contributed by atoms with Gasteiger partial charge in [-0.2, -0.15) is 0 Å². The van der Waals surface area contributed by atoms with Crippen molar-refractivity contribution in [1.29, 1.82) is 0 Å². The number of anilines is 3. The Kier molecular flexibility index (Phi) is 7.80. The molecular formula is C69H49NO3. The van der Waals surface area contributed by atoms with Crippen molar-refractivity contribution in [3.8, 4) is 44.5 Å². The molecule has 0 aliphatic heterocycles. The smallest absolute Gasteiger partial charge is 0.143 e. The van der Waals surface area contributed by atoms with E-state index in [1.54, 1.807) is 0 Å². The Morgan fingerprint density at radius 1 is 0.301 bits per heavy atom. The van der Waals surface area contributed by atoms with Gasteiger partial charge in [0, 0.05) is 71.2 Å². The number of hydrogen-bond acceptors (Lipinski definition) is 4. The Bertz CT molecular complexity index is 4590. The Morgan fingerprint density at radius 2 is 0.781 bits per heavy atom. The van der Waals surface area contributed by atoms with E-state index in [0.717, 1.165) is 77.8 Å². The Hall–Kier alpha value is -8.60. The molecule has 0 saturated heterocycles. The van der Waals surface area contributed by atoms with Crippen LogP contribution in [0.5, 0.6) is 0 Å². The molecule has 0 amide bonds. The zero-order chi connectivity index (χ0) is 48.9. The van der Waals surface area contributed by atoms with E-state index < -0.39 is 0 Å². The van der Waals surface area contributed by atoms with Crippen molar-refractivity contribution in [3.63, 3.8) is 0 Å². The fourth-order valence-electron chi connectivity index (χ4n) is 13.8. The zero-order valence-corrected chi connectivity index (χ0v) is 41.6. The van der Waals surface area contributed by atoms with Crippen molar-refractivity contribution >= 4 is 82.9 Å². The highest BCUT2D eigenvalue weighted by atomic mass is 16.3. The van der Waals surface area contributed by atoms with Gasteiger partial charge < -0.3 is 18.2 Å². The molecule has 0 fully saturated rings. The Balaban J connectivity index is 0.891. The van der Waals surface area contributed by atoms with E-state index in [1.807, 2.05) is 6.07 Å². The third-order valence-electron chi connectivity index (χ3n) is 17.4. The summed E-state index contributed by atoms with van der Waals surface area (Å²) in [6.07, 6.45) is 0. The Labute approximate surface area is 422 Å². The molecule has 0 unspecified atom stereocenters. The highest BCUT2D eigenvalue weighted by Gasteiger charge is 2.44. The standard InChI is InChI=1S/C69H49NO3/c1-67(2)51-29-31-61-64(45-19-11-14-22-58(45)72-61)63(51)50-37-54-48(36-55(50)67)42-27-24-40(33-52(42)68(54,3)4)70(39-26-30-60-49(32-39)43-18-10-13-21-57(43)71-60)41-25-28-44-53(34-41)69(5,6)56-35-47(38-16-8-7-9-17-38)66-65(62(44)56)46-20-12-15-23-59(46)73-66/h7-37H,1-6H3. The van der Waals surface area contributed by atoms with Crippen LogP contribution in [0.1, 0.15) is 74.9 Å². The monoisotopic (exact) mass is 939 g/mol. The van der Waals surface area contributed by atoms with Crippen molar-refractivity contribution in [2.45, 2.75) is 57.8 Å². The lowest BCUT2D eigenvalue weighted by Crippen LogP contribution is -2.18. The second-order valence-corrected chi connectivity index (χ2v) is 22.4. The molecule has 0 N–H and O–H groups in total. The highest BCUT2D eigenvalue weighted by Crippen LogP contribution is 2.60. The van der Waals surface area contributed by atoms with Crippen LogP contribution in [0.15, 0.2) is 201 Å². The van der Waals surface area contributed by atoms with Gasteiger partial charge in [-0.05, 0) is 157 Å². The van der Waals surface area contributed by atoms with Crippen LogP contribution in [0.2, 0.25) is 0 Å². The van der Waals surface area contributed by atoms with E-state index >= 15 is 0 Å². The van der Waals surface area contributed by atoms with E-state index in [2.05, 4.69) is 228 Å². The maximum absolute atomic E-state index is 6.82. The largest absolute Gasteiger partial charge is 0.456 e. The number of benzene rings is 10. The van der Waals surface area contributed by atoms with Crippen molar-refractivity contribution in [3.05, 3.63) is 221 Å². The summed E-state index contributed by atoms with van der Waals surface area (Å²) in [6, 6.07) is 69.1. The summed E-state index contributed by atoms with van der Waals surface area (Å²) in [6.45, 7) is 14.4. The van der Waals surface area contributed by atoms with Crippen LogP contribution in [0, 0.1) is 0 Å². The van der Waals surface area contributed by atoms with Gasteiger partial charge in [-0.15, -0.1) is 0 Å². The van der Waals surface area contributed by atoms with Crippen LogP contribution in [-0.4, -0.2) is 0 Å². The molecule has 0 saturated carbocycles. The average molecular weight is 940 g/mol. The van der Waals surface area contributed by atoms with Gasteiger partial charge >= 0.3 is 0 Å². The van der Waals surface area contributed by atoms with Gasteiger partial charge in [-0.25, -0.2) is 0 Å². The van der Waals surface area contributed by atoms with Crippen LogP contribution in [0.4, 0.5) is 17.1 Å². The summed E-state index contributed by atoms with van der Waals surface area (Å²) in [5.74, 6) is 0. The van der Waals surface area contributed by atoms with Crippen LogP contribution >= 0.6 is 0 Å². The first kappa shape index (κ1) is 41.1. The molecule has 13 aromatic rings. The van der Waals surface area contributed by atoms with Gasteiger partial charge in [0.1, 0.15) is 33.5 Å². The zero-order valence-electron chi connectivity index (χ0n) is 41.6. The number of para-hydroxylation sites is 3. The predicted molar refractivity (Wildman–Crippen MR) is 301 cm³/mol. The van der Waals surface area contributed by atoms with Crippen molar-refractivity contribution in [1.82, 2.24) is 0 Å². The van der Waals surface area contributed by atoms with E-state index in [0.29, 0.717) is 0 Å². The molecule has 3 heterocycles. The van der Waals surface area contributed by atoms with Crippen LogP contribution in [0.3, 0.4) is 0 Å². The SMILES string of the molecule is CC1(C)c2cc(N(c3ccc4c(c3)C(C)(C)c3cc(-c5ccccc5)c5oc6ccccc6c5c3-4)c3ccc4oc5ccccc5c4c3)ccc2-c2cc3c(cc21)-c1c(ccc2oc4ccccc4c12)C3(C)C. The molecule has 0 bridgehead atoms. The minimum atomic E-state index is -0.324. The molecule has 4 heteroatoms. The maximum atomic E-state index is 6.82. The summed E-state index contributed by atoms with van der Waals surface area (Å²) < 4.78 is 19.7. The number of hydrogen-bond donors (Lipinski definition) is 0. The molecule has 0 spiro atoms. The first-order valence-corrected chi connectivity index (χ1v) is 25.6. The summed E-state index contributed by atoms with van der Waals surface area (Å²) in [7, 11) is 0. The molecule has 0 radical (unpaired) electrons. The minimum absolute atomic E-state index is 0.188. The third-order valence-corrected chi connectivity index (χ3v) is 17.4. The number of nitrogens with zero attached hydrogens (tertiary/aromatic N) is 1. The topological polar surface area (TPSA) is 42.7 Å². The van der Waals surface area contributed by atoms with Gasteiger partial charge in [-0.3, -0.25) is 0 Å². The first-order chi connectivity index (χ1) is 35.4. The van der Waals surface area contributed by atoms with Gasteiger partial charge in [0.05, 0.1) is 0 Å². The second kappa shape index (κ2) is 13.9. The molecule has 3 aliphatic carbocycles. The van der Waals surface area contributed by atoms with Gasteiger partial charge in [0.15, 0.2) is 0 Å². The molecule has 73 heavy (non-hydrogen) atoms. The second-order valence-electron chi connectivity index (χ2n) is 22.4. The summed E-state index contributed by atoms with van der Waals surface area (Å²) in [5.41, 5.74) is 26.0. The predicted octanol–water partition coefficient (Wildman–Crippen LogP) is 19.4. The fourth-order valence-corrected chi connectivity index (χ4v) is 13.8. The molecule has 4 nitrogen and oxygen atoms in total. The van der Waals surface area contributed by atoms with E-state index in [-0.39, 0.29) is 16.2 Å². The Morgan fingerprint density at radius 3 is 1.53 bits per heavy atom.